The summed E-state index contributed by atoms with van der Waals surface area (Å²) >= 11 is 0. The molecule has 0 unspecified atom stereocenters. The molecule has 0 aliphatic heterocycles. The van der Waals surface area contributed by atoms with Crippen molar-refractivity contribution in [2.45, 2.75) is 12.6 Å². The fourth-order valence-electron chi connectivity index (χ4n) is 2.81. The largest absolute Gasteiger partial charge is 0.478 e. The predicted molar refractivity (Wildman–Crippen MR) is 90.5 cm³/mol. The number of aromatic nitrogens is 1. The summed E-state index contributed by atoms with van der Waals surface area (Å²) in [6.07, 6.45) is -3.84. The van der Waals surface area contributed by atoms with E-state index in [-0.39, 0.29) is 39.6 Å². The summed E-state index contributed by atoms with van der Waals surface area (Å²) in [6.45, 7) is 0. The molecule has 5 nitrogen and oxygen atoms in total. The van der Waals surface area contributed by atoms with Gasteiger partial charge >= 0.3 is 12.1 Å². The van der Waals surface area contributed by atoms with E-state index in [1.54, 1.807) is 6.07 Å². The summed E-state index contributed by atoms with van der Waals surface area (Å²) in [4.78, 5) is 26.4. The maximum atomic E-state index is 14.1. The van der Waals surface area contributed by atoms with Crippen LogP contribution in [0.3, 0.4) is 0 Å². The molecule has 0 saturated carbocycles. The van der Waals surface area contributed by atoms with Crippen LogP contribution in [0.25, 0.3) is 10.9 Å². The second kappa shape index (κ2) is 6.81. The summed E-state index contributed by atoms with van der Waals surface area (Å²) in [7, 11) is 0. The molecule has 3 aromatic rings. The maximum absolute atomic E-state index is 14.1. The standard InChI is InChI=1S/C19H10F4N2O3/c20-15-5-12(19(21,22)23)2-1-9(15)3-10-4-16-14(6-13(10)18(27)28)17(26)11(7-24)8-25-16/h1-2,4-6,8H,3H2,(H,25,26)(H,27,28). The third-order valence-corrected chi connectivity index (χ3v) is 4.22. The van der Waals surface area contributed by atoms with Gasteiger partial charge in [0.15, 0.2) is 0 Å². The highest BCUT2D eigenvalue weighted by atomic mass is 19.4. The SMILES string of the molecule is N#Cc1c[nH]c2cc(Cc3ccc(C(F)(F)F)cc3F)c(C(=O)O)cc2c1=O. The lowest BCUT2D eigenvalue weighted by molar-refractivity contribution is -0.137. The Balaban J connectivity index is 2.13. The van der Waals surface area contributed by atoms with Crippen LogP contribution in [0.1, 0.15) is 32.6 Å². The first-order valence-corrected chi connectivity index (χ1v) is 7.79. The number of nitrogens with zero attached hydrogens (tertiary/aromatic N) is 1. The Morgan fingerprint density at radius 3 is 2.46 bits per heavy atom. The molecule has 0 fully saturated rings. The highest BCUT2D eigenvalue weighted by Gasteiger charge is 2.31. The fourth-order valence-corrected chi connectivity index (χ4v) is 2.81. The Morgan fingerprint density at radius 1 is 1.18 bits per heavy atom. The average molecular weight is 390 g/mol. The number of benzene rings is 2. The number of H-pyrrole nitrogens is 1. The van der Waals surface area contributed by atoms with E-state index in [4.69, 9.17) is 5.26 Å². The van der Waals surface area contributed by atoms with Gasteiger partial charge in [-0.3, -0.25) is 4.79 Å². The quantitative estimate of drug-likeness (QED) is 0.665. The van der Waals surface area contributed by atoms with Gasteiger partial charge in [-0.2, -0.15) is 18.4 Å². The van der Waals surface area contributed by atoms with Crippen LogP contribution < -0.4 is 5.43 Å². The number of carboxylic acids is 1. The van der Waals surface area contributed by atoms with E-state index in [0.717, 1.165) is 18.3 Å². The van der Waals surface area contributed by atoms with Crippen LogP contribution in [0.5, 0.6) is 0 Å². The highest BCUT2D eigenvalue weighted by molar-refractivity contribution is 5.95. The van der Waals surface area contributed by atoms with E-state index in [9.17, 15) is 32.3 Å². The summed E-state index contributed by atoms with van der Waals surface area (Å²) in [5.41, 5.74) is -2.15. The van der Waals surface area contributed by atoms with Crippen molar-refractivity contribution in [1.29, 1.82) is 5.26 Å². The smallest absolute Gasteiger partial charge is 0.416 e. The number of nitriles is 1. The van der Waals surface area contributed by atoms with E-state index < -0.39 is 29.0 Å². The van der Waals surface area contributed by atoms with Crippen molar-refractivity contribution in [3.8, 4) is 6.07 Å². The van der Waals surface area contributed by atoms with E-state index in [1.165, 1.54) is 6.07 Å². The second-order valence-corrected chi connectivity index (χ2v) is 5.98. The first-order valence-electron chi connectivity index (χ1n) is 7.79. The lowest BCUT2D eigenvalue weighted by atomic mass is 9.96. The molecule has 2 N–H and O–H groups in total. The van der Waals surface area contributed by atoms with Crippen molar-refractivity contribution >= 4 is 16.9 Å². The number of fused-ring (bicyclic) bond motifs is 1. The number of nitrogens with one attached hydrogen (secondary N) is 1. The number of halogens is 4. The van der Waals surface area contributed by atoms with Crippen molar-refractivity contribution in [3.63, 3.8) is 0 Å². The molecule has 0 spiro atoms. The minimum atomic E-state index is -4.70. The molecule has 0 bridgehead atoms. The Morgan fingerprint density at radius 2 is 1.89 bits per heavy atom. The van der Waals surface area contributed by atoms with Gasteiger partial charge < -0.3 is 10.1 Å². The molecule has 0 atom stereocenters. The third kappa shape index (κ3) is 3.44. The molecule has 0 aliphatic rings. The van der Waals surface area contributed by atoms with Crippen molar-refractivity contribution in [2.75, 3.05) is 0 Å². The van der Waals surface area contributed by atoms with Crippen LogP contribution >= 0.6 is 0 Å². The number of aromatic amines is 1. The second-order valence-electron chi connectivity index (χ2n) is 5.98. The summed E-state index contributed by atoms with van der Waals surface area (Å²) in [6, 6.07) is 6.05. The van der Waals surface area contributed by atoms with Crippen LogP contribution in [0.2, 0.25) is 0 Å². The van der Waals surface area contributed by atoms with Gasteiger partial charge in [0.1, 0.15) is 17.4 Å². The van der Waals surface area contributed by atoms with E-state index in [2.05, 4.69) is 4.98 Å². The molecular weight excluding hydrogens is 380 g/mol. The molecule has 3 rings (SSSR count). The topological polar surface area (TPSA) is 93.9 Å². The van der Waals surface area contributed by atoms with Gasteiger partial charge in [-0.25, -0.2) is 9.18 Å². The molecule has 142 valence electrons. The van der Waals surface area contributed by atoms with Crippen molar-refractivity contribution in [2.24, 2.45) is 0 Å². The molecule has 0 amide bonds. The van der Waals surface area contributed by atoms with Gasteiger partial charge in [0.25, 0.3) is 0 Å². The minimum Gasteiger partial charge on any atom is -0.478 e. The number of pyridine rings is 1. The first-order chi connectivity index (χ1) is 13.1. The van der Waals surface area contributed by atoms with Gasteiger partial charge in [-0.05, 0) is 35.4 Å². The molecule has 0 saturated heterocycles. The Kier molecular flexibility index (Phi) is 4.65. The maximum Gasteiger partial charge on any atom is 0.416 e. The summed E-state index contributed by atoms with van der Waals surface area (Å²) in [5.74, 6) is -2.52. The van der Waals surface area contributed by atoms with E-state index in [0.29, 0.717) is 12.1 Å². The van der Waals surface area contributed by atoms with Crippen molar-refractivity contribution in [3.05, 3.63) is 80.4 Å². The molecule has 0 aliphatic carbocycles. The van der Waals surface area contributed by atoms with Crippen LogP contribution in [0, 0.1) is 17.1 Å². The van der Waals surface area contributed by atoms with Crippen LogP contribution in [0.4, 0.5) is 17.6 Å². The fraction of sp³-hybridized carbons (Fsp3) is 0.105. The Bertz CT molecular complexity index is 1210. The highest BCUT2D eigenvalue weighted by Crippen LogP contribution is 2.31. The first kappa shape index (κ1) is 19.1. The minimum absolute atomic E-state index is 0.0342. The Hall–Kier alpha value is -3.67. The van der Waals surface area contributed by atoms with E-state index >= 15 is 0 Å². The number of carbonyl (C=O) groups is 1. The van der Waals surface area contributed by atoms with Crippen molar-refractivity contribution in [1.82, 2.24) is 4.98 Å². The summed E-state index contributed by atoms with van der Waals surface area (Å²) in [5, 5.41) is 18.3. The summed E-state index contributed by atoms with van der Waals surface area (Å²) < 4.78 is 52.1. The monoisotopic (exact) mass is 390 g/mol. The number of alkyl halides is 3. The van der Waals surface area contributed by atoms with Gasteiger partial charge in [-0.15, -0.1) is 0 Å². The molecule has 2 aromatic carbocycles. The van der Waals surface area contributed by atoms with Crippen LogP contribution in [0.15, 0.2) is 41.3 Å². The molecule has 9 heteroatoms. The van der Waals surface area contributed by atoms with E-state index in [1.807, 2.05) is 0 Å². The molecule has 28 heavy (non-hydrogen) atoms. The number of hydrogen-bond acceptors (Lipinski definition) is 3. The molecule has 0 radical (unpaired) electrons. The number of aromatic carboxylic acids is 1. The number of carboxylic acid groups (broad SMARTS) is 1. The normalized spacial score (nSPS) is 11.4. The lowest BCUT2D eigenvalue weighted by Gasteiger charge is -2.12. The zero-order valence-electron chi connectivity index (χ0n) is 13.9. The Labute approximate surface area is 154 Å². The third-order valence-electron chi connectivity index (χ3n) is 4.22. The zero-order chi connectivity index (χ0) is 20.6. The van der Waals surface area contributed by atoms with Crippen molar-refractivity contribution < 1.29 is 27.5 Å². The average Bonchev–Trinajstić information content (AvgIpc) is 2.62. The molecular formula is C19H10F4N2O3. The molecule has 1 aromatic heterocycles. The molecule has 1 heterocycles. The zero-order valence-corrected chi connectivity index (χ0v) is 13.9. The number of hydrogen-bond donors (Lipinski definition) is 2. The van der Waals surface area contributed by atoms with Gasteiger partial charge in [0.2, 0.25) is 5.43 Å². The lowest BCUT2D eigenvalue weighted by Crippen LogP contribution is -2.11. The predicted octanol–water partition coefficient (Wildman–Crippen LogP) is 3.85. The van der Waals surface area contributed by atoms with Gasteiger partial charge in [0, 0.05) is 23.5 Å². The van der Waals surface area contributed by atoms with Crippen LogP contribution in [-0.2, 0) is 12.6 Å². The number of rotatable bonds is 3. The van der Waals surface area contributed by atoms with Crippen LogP contribution in [-0.4, -0.2) is 16.1 Å². The van der Waals surface area contributed by atoms with Gasteiger partial charge in [0.05, 0.1) is 11.1 Å². The van der Waals surface area contributed by atoms with Gasteiger partial charge in [-0.1, -0.05) is 6.07 Å².